The van der Waals surface area contributed by atoms with Gasteiger partial charge in [-0.3, -0.25) is 4.40 Å². The number of aromatic nitrogens is 3. The zero-order chi connectivity index (χ0) is 8.55. The standard InChI is InChI=1S/C7H7BrN4/c8-5-2-10-7-11-3-6(1-9)12(7)4-5/h2-4H,1,9H2. The Morgan fingerprint density at radius 3 is 2.92 bits per heavy atom. The summed E-state index contributed by atoms with van der Waals surface area (Å²) >= 11 is 3.33. The highest BCUT2D eigenvalue weighted by molar-refractivity contribution is 9.10. The minimum Gasteiger partial charge on any atom is -0.325 e. The molecule has 0 saturated carbocycles. The second-order valence-electron chi connectivity index (χ2n) is 2.40. The van der Waals surface area contributed by atoms with Gasteiger partial charge in [0, 0.05) is 18.9 Å². The highest BCUT2D eigenvalue weighted by Gasteiger charge is 2.01. The lowest BCUT2D eigenvalue weighted by atomic mass is 10.5. The van der Waals surface area contributed by atoms with Crippen molar-refractivity contribution in [2.75, 3.05) is 0 Å². The predicted molar refractivity (Wildman–Crippen MR) is 48.6 cm³/mol. The topological polar surface area (TPSA) is 56.2 Å². The first kappa shape index (κ1) is 7.70. The van der Waals surface area contributed by atoms with E-state index >= 15 is 0 Å². The maximum atomic E-state index is 5.51. The molecule has 0 spiro atoms. The maximum Gasteiger partial charge on any atom is 0.233 e. The largest absolute Gasteiger partial charge is 0.325 e. The van der Waals surface area contributed by atoms with Crippen LogP contribution in [0.4, 0.5) is 0 Å². The Morgan fingerprint density at radius 1 is 1.42 bits per heavy atom. The quantitative estimate of drug-likeness (QED) is 0.788. The molecule has 2 aromatic heterocycles. The fourth-order valence-electron chi connectivity index (χ4n) is 1.05. The van der Waals surface area contributed by atoms with Gasteiger partial charge in [-0.2, -0.15) is 0 Å². The maximum absolute atomic E-state index is 5.51. The van der Waals surface area contributed by atoms with Crippen molar-refractivity contribution in [3.8, 4) is 0 Å². The van der Waals surface area contributed by atoms with Gasteiger partial charge in [0.05, 0.1) is 16.4 Å². The monoisotopic (exact) mass is 226 g/mol. The molecule has 62 valence electrons. The van der Waals surface area contributed by atoms with E-state index in [9.17, 15) is 0 Å². The highest BCUT2D eigenvalue weighted by Crippen LogP contribution is 2.10. The van der Waals surface area contributed by atoms with Crippen LogP contribution in [-0.4, -0.2) is 14.4 Å². The van der Waals surface area contributed by atoms with Crippen molar-refractivity contribution in [1.82, 2.24) is 14.4 Å². The summed E-state index contributed by atoms with van der Waals surface area (Å²) in [6, 6.07) is 0. The number of hydrogen-bond acceptors (Lipinski definition) is 3. The van der Waals surface area contributed by atoms with Crippen LogP contribution in [0.1, 0.15) is 5.69 Å². The molecule has 0 radical (unpaired) electrons. The molecule has 0 fully saturated rings. The van der Waals surface area contributed by atoms with E-state index < -0.39 is 0 Å². The molecule has 0 saturated heterocycles. The molecule has 0 unspecified atom stereocenters. The smallest absolute Gasteiger partial charge is 0.233 e. The molecule has 0 aliphatic heterocycles. The fraction of sp³-hybridized carbons (Fsp3) is 0.143. The van der Waals surface area contributed by atoms with Gasteiger partial charge in [-0.25, -0.2) is 9.97 Å². The number of hydrogen-bond donors (Lipinski definition) is 1. The number of nitrogens with two attached hydrogens (primary N) is 1. The van der Waals surface area contributed by atoms with Gasteiger partial charge < -0.3 is 5.73 Å². The van der Waals surface area contributed by atoms with Crippen molar-refractivity contribution in [2.45, 2.75) is 6.54 Å². The minimum atomic E-state index is 0.472. The van der Waals surface area contributed by atoms with Crippen LogP contribution in [0.5, 0.6) is 0 Å². The molecule has 2 heterocycles. The van der Waals surface area contributed by atoms with Gasteiger partial charge in [0.25, 0.3) is 0 Å². The number of nitrogens with zero attached hydrogens (tertiary/aromatic N) is 3. The van der Waals surface area contributed by atoms with Gasteiger partial charge >= 0.3 is 0 Å². The first-order valence-electron chi connectivity index (χ1n) is 3.49. The highest BCUT2D eigenvalue weighted by atomic mass is 79.9. The van der Waals surface area contributed by atoms with Crippen molar-refractivity contribution >= 4 is 21.7 Å². The Balaban J connectivity index is 2.75. The minimum absolute atomic E-state index is 0.472. The van der Waals surface area contributed by atoms with Crippen LogP contribution in [0.3, 0.4) is 0 Å². The summed E-state index contributed by atoms with van der Waals surface area (Å²) in [7, 11) is 0. The van der Waals surface area contributed by atoms with E-state index in [2.05, 4.69) is 25.9 Å². The van der Waals surface area contributed by atoms with Crippen LogP contribution in [0.25, 0.3) is 5.78 Å². The molecule has 0 aromatic carbocycles. The summed E-state index contributed by atoms with van der Waals surface area (Å²) in [4.78, 5) is 8.18. The van der Waals surface area contributed by atoms with Gasteiger partial charge in [0.15, 0.2) is 0 Å². The van der Waals surface area contributed by atoms with Gasteiger partial charge in [0.1, 0.15) is 0 Å². The van der Waals surface area contributed by atoms with E-state index in [4.69, 9.17) is 5.73 Å². The summed E-state index contributed by atoms with van der Waals surface area (Å²) in [5.41, 5.74) is 6.46. The first-order chi connectivity index (χ1) is 5.81. The second-order valence-corrected chi connectivity index (χ2v) is 3.31. The van der Waals surface area contributed by atoms with E-state index in [0.29, 0.717) is 12.3 Å². The number of halogens is 1. The van der Waals surface area contributed by atoms with E-state index in [1.165, 1.54) is 0 Å². The van der Waals surface area contributed by atoms with Crippen LogP contribution in [0.2, 0.25) is 0 Å². The Kier molecular flexibility index (Phi) is 1.82. The molecule has 0 aliphatic rings. The molecule has 5 heteroatoms. The third kappa shape index (κ3) is 1.11. The Bertz CT molecular complexity index is 409. The SMILES string of the molecule is NCc1cnc2ncc(Br)cn12. The fourth-order valence-corrected chi connectivity index (χ4v) is 1.36. The van der Waals surface area contributed by atoms with E-state index in [1.54, 1.807) is 12.4 Å². The van der Waals surface area contributed by atoms with Crippen molar-refractivity contribution < 1.29 is 0 Å². The van der Waals surface area contributed by atoms with Crippen LogP contribution < -0.4 is 5.73 Å². The lowest BCUT2D eigenvalue weighted by Gasteiger charge is -1.96. The molecule has 0 bridgehead atoms. The summed E-state index contributed by atoms with van der Waals surface area (Å²) in [6.07, 6.45) is 5.34. The average Bonchev–Trinajstić information content (AvgIpc) is 2.46. The zero-order valence-electron chi connectivity index (χ0n) is 6.24. The van der Waals surface area contributed by atoms with Crippen LogP contribution in [-0.2, 0) is 6.54 Å². The molecular formula is C7H7BrN4. The second kappa shape index (κ2) is 2.84. The predicted octanol–water partition coefficient (Wildman–Crippen LogP) is 0.951. The Morgan fingerprint density at radius 2 is 2.17 bits per heavy atom. The third-order valence-electron chi connectivity index (χ3n) is 1.62. The third-order valence-corrected chi connectivity index (χ3v) is 2.03. The van der Waals surface area contributed by atoms with Crippen LogP contribution in [0.15, 0.2) is 23.1 Å². The van der Waals surface area contributed by atoms with Gasteiger partial charge in [-0.05, 0) is 15.9 Å². The van der Waals surface area contributed by atoms with Crippen molar-refractivity contribution in [3.05, 3.63) is 28.8 Å². The summed E-state index contributed by atoms with van der Waals surface area (Å²) in [5, 5.41) is 0. The lowest BCUT2D eigenvalue weighted by Crippen LogP contribution is -2.00. The first-order valence-corrected chi connectivity index (χ1v) is 4.28. The van der Waals surface area contributed by atoms with Crippen LogP contribution in [0, 0.1) is 0 Å². The molecule has 12 heavy (non-hydrogen) atoms. The Hall–Kier alpha value is -0.940. The van der Waals surface area contributed by atoms with E-state index in [-0.39, 0.29) is 0 Å². The molecule has 4 nitrogen and oxygen atoms in total. The molecule has 2 rings (SSSR count). The normalized spacial score (nSPS) is 10.8. The van der Waals surface area contributed by atoms with E-state index in [0.717, 1.165) is 10.2 Å². The molecule has 0 atom stereocenters. The molecule has 2 N–H and O–H groups in total. The molecule has 2 aromatic rings. The summed E-state index contributed by atoms with van der Waals surface area (Å²) < 4.78 is 2.78. The molecule has 0 aliphatic carbocycles. The van der Waals surface area contributed by atoms with Gasteiger partial charge in [-0.15, -0.1) is 0 Å². The molecule has 0 amide bonds. The number of rotatable bonds is 1. The number of imidazole rings is 1. The zero-order valence-corrected chi connectivity index (χ0v) is 7.82. The van der Waals surface area contributed by atoms with E-state index in [1.807, 2.05) is 10.6 Å². The lowest BCUT2D eigenvalue weighted by molar-refractivity contribution is 0.943. The van der Waals surface area contributed by atoms with Gasteiger partial charge in [-0.1, -0.05) is 0 Å². The molecular weight excluding hydrogens is 220 g/mol. The average molecular weight is 227 g/mol. The number of fused-ring (bicyclic) bond motifs is 1. The van der Waals surface area contributed by atoms with Crippen molar-refractivity contribution in [2.24, 2.45) is 5.73 Å². The summed E-state index contributed by atoms with van der Waals surface area (Å²) in [6.45, 7) is 0.472. The van der Waals surface area contributed by atoms with Crippen molar-refractivity contribution in [3.63, 3.8) is 0 Å². The summed E-state index contributed by atoms with van der Waals surface area (Å²) in [5.74, 6) is 0.679. The van der Waals surface area contributed by atoms with Crippen LogP contribution >= 0.6 is 15.9 Å². The van der Waals surface area contributed by atoms with Gasteiger partial charge in [0.2, 0.25) is 5.78 Å². The Labute approximate surface area is 77.6 Å². The van der Waals surface area contributed by atoms with Crippen molar-refractivity contribution in [1.29, 1.82) is 0 Å².